The summed E-state index contributed by atoms with van der Waals surface area (Å²) in [4.78, 5) is 0. The van der Waals surface area contributed by atoms with E-state index in [0.29, 0.717) is 6.54 Å². The Morgan fingerprint density at radius 3 is 2.17 bits per heavy atom. The third-order valence-corrected chi connectivity index (χ3v) is 2.68. The highest BCUT2D eigenvalue weighted by Crippen LogP contribution is 2.04. The van der Waals surface area contributed by atoms with Crippen LogP contribution in [0.4, 0.5) is 0 Å². The number of hydrogen-bond donors (Lipinski definition) is 3. The van der Waals surface area contributed by atoms with Crippen LogP contribution in [0.15, 0.2) is 24.3 Å². The molecule has 0 radical (unpaired) electrons. The smallest absolute Gasteiger partial charge is 0.0636 e. The number of aliphatic hydroxyl groups excluding tert-OH is 1. The van der Waals surface area contributed by atoms with Gasteiger partial charge in [0, 0.05) is 26.2 Å². The summed E-state index contributed by atoms with van der Waals surface area (Å²) in [7, 11) is 0. The van der Waals surface area contributed by atoms with E-state index in [9.17, 15) is 0 Å². The van der Waals surface area contributed by atoms with E-state index in [1.807, 2.05) is 0 Å². The van der Waals surface area contributed by atoms with Crippen LogP contribution in [0.2, 0.25) is 0 Å². The van der Waals surface area contributed by atoms with E-state index in [2.05, 4.69) is 41.8 Å². The summed E-state index contributed by atoms with van der Waals surface area (Å²) in [5.41, 5.74) is 2.70. The van der Waals surface area contributed by atoms with Gasteiger partial charge in [0.15, 0.2) is 0 Å². The standard InChI is InChI=1S/C14H24N2O.ClH/c1-3-13-4-6-14(7-5-13)11-16-9-8-15-10-12(2)17;/h4-7,12,15-17H,3,8-11H2,1-2H3;1H. The van der Waals surface area contributed by atoms with Crippen molar-refractivity contribution < 1.29 is 5.11 Å². The lowest BCUT2D eigenvalue weighted by Gasteiger charge is -2.08. The molecule has 0 aliphatic rings. The van der Waals surface area contributed by atoms with Gasteiger partial charge in [-0.15, -0.1) is 12.4 Å². The Balaban J connectivity index is 0.00000289. The molecular weight excluding hydrogens is 248 g/mol. The number of aliphatic hydroxyl groups is 1. The molecule has 1 aromatic rings. The minimum Gasteiger partial charge on any atom is -0.392 e. The predicted molar refractivity (Wildman–Crippen MR) is 79.3 cm³/mol. The summed E-state index contributed by atoms with van der Waals surface area (Å²) in [6.45, 7) is 7.32. The molecule has 4 heteroatoms. The molecule has 0 aliphatic heterocycles. The Labute approximate surface area is 116 Å². The van der Waals surface area contributed by atoms with Crippen LogP contribution in [0.5, 0.6) is 0 Å². The second kappa shape index (κ2) is 10.3. The third-order valence-electron chi connectivity index (χ3n) is 2.68. The van der Waals surface area contributed by atoms with Crippen molar-refractivity contribution in [3.63, 3.8) is 0 Å². The van der Waals surface area contributed by atoms with Crippen molar-refractivity contribution in [2.75, 3.05) is 19.6 Å². The lowest BCUT2D eigenvalue weighted by Crippen LogP contribution is -2.31. The third kappa shape index (κ3) is 7.67. The lowest BCUT2D eigenvalue weighted by molar-refractivity contribution is 0.191. The Morgan fingerprint density at radius 1 is 1.06 bits per heavy atom. The van der Waals surface area contributed by atoms with Gasteiger partial charge < -0.3 is 15.7 Å². The topological polar surface area (TPSA) is 44.3 Å². The van der Waals surface area contributed by atoms with Gasteiger partial charge in [0.05, 0.1) is 6.10 Å². The molecule has 3 nitrogen and oxygen atoms in total. The predicted octanol–water partition coefficient (Wildman–Crippen LogP) is 1.73. The quantitative estimate of drug-likeness (QED) is 0.632. The second-order valence-electron chi connectivity index (χ2n) is 4.40. The highest BCUT2D eigenvalue weighted by Gasteiger charge is 1.95. The fraction of sp³-hybridized carbons (Fsp3) is 0.571. The van der Waals surface area contributed by atoms with Gasteiger partial charge >= 0.3 is 0 Å². The van der Waals surface area contributed by atoms with Crippen LogP contribution in [0.3, 0.4) is 0 Å². The van der Waals surface area contributed by atoms with Gasteiger partial charge in [0.25, 0.3) is 0 Å². The van der Waals surface area contributed by atoms with E-state index in [-0.39, 0.29) is 18.5 Å². The Morgan fingerprint density at radius 2 is 1.61 bits per heavy atom. The van der Waals surface area contributed by atoms with Gasteiger partial charge in [0.1, 0.15) is 0 Å². The first kappa shape index (κ1) is 17.4. The number of rotatable bonds is 8. The second-order valence-corrected chi connectivity index (χ2v) is 4.40. The maximum atomic E-state index is 9.05. The van der Waals surface area contributed by atoms with Crippen LogP contribution in [0.1, 0.15) is 25.0 Å². The molecule has 104 valence electrons. The van der Waals surface area contributed by atoms with Crippen LogP contribution in [0, 0.1) is 0 Å². The molecule has 1 aromatic carbocycles. The molecule has 0 spiro atoms. The minimum atomic E-state index is -0.267. The van der Waals surface area contributed by atoms with Crippen LogP contribution in [-0.4, -0.2) is 30.8 Å². The summed E-state index contributed by atoms with van der Waals surface area (Å²) >= 11 is 0. The van der Waals surface area contributed by atoms with Crippen molar-refractivity contribution in [2.24, 2.45) is 0 Å². The number of hydrogen-bond acceptors (Lipinski definition) is 3. The van der Waals surface area contributed by atoms with E-state index >= 15 is 0 Å². The molecule has 0 bridgehead atoms. The van der Waals surface area contributed by atoms with E-state index in [1.165, 1.54) is 11.1 Å². The van der Waals surface area contributed by atoms with Crippen molar-refractivity contribution in [1.82, 2.24) is 10.6 Å². The first-order chi connectivity index (χ1) is 8.22. The molecule has 1 unspecified atom stereocenters. The summed E-state index contributed by atoms with van der Waals surface area (Å²) < 4.78 is 0. The first-order valence-electron chi connectivity index (χ1n) is 6.39. The van der Waals surface area contributed by atoms with E-state index in [4.69, 9.17) is 5.11 Å². The molecule has 1 rings (SSSR count). The molecule has 0 aromatic heterocycles. The van der Waals surface area contributed by atoms with Gasteiger partial charge in [-0.3, -0.25) is 0 Å². The Bertz CT molecular complexity index is 301. The fourth-order valence-corrected chi connectivity index (χ4v) is 1.61. The lowest BCUT2D eigenvalue weighted by atomic mass is 10.1. The van der Waals surface area contributed by atoms with E-state index < -0.39 is 0 Å². The zero-order valence-corrected chi connectivity index (χ0v) is 12.1. The van der Waals surface area contributed by atoms with E-state index in [1.54, 1.807) is 6.92 Å². The number of nitrogens with one attached hydrogen (secondary N) is 2. The average molecular weight is 273 g/mol. The zero-order chi connectivity index (χ0) is 12.5. The van der Waals surface area contributed by atoms with Gasteiger partial charge in [-0.1, -0.05) is 31.2 Å². The summed E-state index contributed by atoms with van der Waals surface area (Å²) in [5.74, 6) is 0. The van der Waals surface area contributed by atoms with Crippen molar-refractivity contribution in [3.8, 4) is 0 Å². The molecule has 18 heavy (non-hydrogen) atoms. The highest BCUT2D eigenvalue weighted by atomic mass is 35.5. The maximum Gasteiger partial charge on any atom is 0.0636 e. The van der Waals surface area contributed by atoms with Crippen LogP contribution in [0.25, 0.3) is 0 Å². The molecular formula is C14H25ClN2O. The van der Waals surface area contributed by atoms with Crippen molar-refractivity contribution in [3.05, 3.63) is 35.4 Å². The fourth-order valence-electron chi connectivity index (χ4n) is 1.61. The Kier molecular flexibility index (Phi) is 9.98. The Hall–Kier alpha value is -0.610. The molecule has 0 saturated heterocycles. The van der Waals surface area contributed by atoms with Gasteiger partial charge in [-0.2, -0.15) is 0 Å². The average Bonchev–Trinajstić information content (AvgIpc) is 2.34. The number of benzene rings is 1. The molecule has 0 heterocycles. The van der Waals surface area contributed by atoms with Crippen molar-refractivity contribution in [1.29, 1.82) is 0 Å². The van der Waals surface area contributed by atoms with Gasteiger partial charge in [0.2, 0.25) is 0 Å². The normalized spacial score (nSPS) is 11.9. The SMILES string of the molecule is CCc1ccc(CNCCNCC(C)O)cc1.Cl. The van der Waals surface area contributed by atoms with Crippen LogP contribution < -0.4 is 10.6 Å². The van der Waals surface area contributed by atoms with Gasteiger partial charge in [-0.05, 0) is 24.5 Å². The minimum absolute atomic E-state index is 0. The molecule has 0 saturated carbocycles. The largest absolute Gasteiger partial charge is 0.392 e. The first-order valence-corrected chi connectivity index (χ1v) is 6.39. The maximum absolute atomic E-state index is 9.05. The van der Waals surface area contributed by atoms with Crippen LogP contribution >= 0.6 is 12.4 Å². The molecule has 0 fully saturated rings. The molecule has 0 aliphatic carbocycles. The van der Waals surface area contributed by atoms with Gasteiger partial charge in [-0.25, -0.2) is 0 Å². The monoisotopic (exact) mass is 272 g/mol. The van der Waals surface area contributed by atoms with Crippen LogP contribution in [-0.2, 0) is 13.0 Å². The number of halogens is 1. The summed E-state index contributed by atoms with van der Waals surface area (Å²) in [5, 5.41) is 15.6. The molecule has 3 N–H and O–H groups in total. The number of aryl methyl sites for hydroxylation is 1. The van der Waals surface area contributed by atoms with Crippen molar-refractivity contribution in [2.45, 2.75) is 32.9 Å². The summed E-state index contributed by atoms with van der Waals surface area (Å²) in [6, 6.07) is 8.72. The molecule has 1 atom stereocenters. The summed E-state index contributed by atoms with van der Waals surface area (Å²) in [6.07, 6.45) is 0.827. The molecule has 0 amide bonds. The zero-order valence-electron chi connectivity index (χ0n) is 11.3. The highest BCUT2D eigenvalue weighted by molar-refractivity contribution is 5.85. The van der Waals surface area contributed by atoms with E-state index in [0.717, 1.165) is 26.1 Å². The van der Waals surface area contributed by atoms with Crippen molar-refractivity contribution >= 4 is 12.4 Å².